The molecule has 4 rings (SSSR count). The SMILES string of the molecule is CCc1c(C(=O)N2C[C@@H](N)[C@H](c3ccccc3)C2)cnn1Cc1ccccc1.Cl. The van der Waals surface area contributed by atoms with Crippen LogP contribution >= 0.6 is 12.4 Å². The summed E-state index contributed by atoms with van der Waals surface area (Å²) in [7, 11) is 0. The van der Waals surface area contributed by atoms with Gasteiger partial charge in [-0.25, -0.2) is 0 Å². The third kappa shape index (κ3) is 4.36. The molecule has 0 bridgehead atoms. The summed E-state index contributed by atoms with van der Waals surface area (Å²) < 4.78 is 1.94. The molecule has 1 aromatic heterocycles. The van der Waals surface area contributed by atoms with E-state index in [9.17, 15) is 4.79 Å². The van der Waals surface area contributed by atoms with Crippen LogP contribution in [0.1, 0.15) is 40.0 Å². The van der Waals surface area contributed by atoms with Gasteiger partial charge in [-0.2, -0.15) is 5.10 Å². The average Bonchev–Trinajstić information content (AvgIpc) is 3.32. The van der Waals surface area contributed by atoms with Crippen molar-refractivity contribution in [3.05, 3.63) is 89.2 Å². The molecule has 1 aliphatic rings. The summed E-state index contributed by atoms with van der Waals surface area (Å²) in [6.07, 6.45) is 2.47. The van der Waals surface area contributed by atoms with Crippen molar-refractivity contribution >= 4 is 18.3 Å². The number of halogens is 1. The molecule has 1 saturated heterocycles. The number of aromatic nitrogens is 2. The summed E-state index contributed by atoms with van der Waals surface area (Å²) >= 11 is 0. The first-order valence-corrected chi connectivity index (χ1v) is 9.85. The van der Waals surface area contributed by atoms with Crippen LogP contribution in [0.25, 0.3) is 0 Å². The largest absolute Gasteiger partial charge is 0.336 e. The Bertz CT molecular complexity index is 942. The highest BCUT2D eigenvalue weighted by Gasteiger charge is 2.35. The molecule has 1 aliphatic heterocycles. The Labute approximate surface area is 177 Å². The molecule has 5 nitrogen and oxygen atoms in total. The van der Waals surface area contributed by atoms with Crippen LogP contribution in [-0.4, -0.2) is 39.7 Å². The van der Waals surface area contributed by atoms with Gasteiger partial charge in [0.05, 0.1) is 24.0 Å². The number of hydrogen-bond donors (Lipinski definition) is 1. The zero-order valence-electron chi connectivity index (χ0n) is 16.6. The Hall–Kier alpha value is -2.63. The molecular formula is C23H27ClN4O. The van der Waals surface area contributed by atoms with E-state index in [1.165, 1.54) is 11.1 Å². The molecule has 0 saturated carbocycles. The van der Waals surface area contributed by atoms with Crippen LogP contribution in [0.15, 0.2) is 66.9 Å². The predicted molar refractivity (Wildman–Crippen MR) is 117 cm³/mol. The van der Waals surface area contributed by atoms with E-state index in [4.69, 9.17) is 5.73 Å². The quantitative estimate of drug-likeness (QED) is 0.700. The molecule has 6 heteroatoms. The number of carbonyl (C=O) groups is 1. The van der Waals surface area contributed by atoms with E-state index >= 15 is 0 Å². The monoisotopic (exact) mass is 410 g/mol. The van der Waals surface area contributed by atoms with E-state index in [0.717, 1.165) is 12.1 Å². The minimum Gasteiger partial charge on any atom is -0.336 e. The Balaban J connectivity index is 0.00000240. The number of rotatable bonds is 5. The van der Waals surface area contributed by atoms with Crippen molar-refractivity contribution in [1.82, 2.24) is 14.7 Å². The summed E-state index contributed by atoms with van der Waals surface area (Å²) in [5, 5.41) is 4.51. The van der Waals surface area contributed by atoms with E-state index < -0.39 is 0 Å². The van der Waals surface area contributed by atoms with Crippen LogP contribution in [0.5, 0.6) is 0 Å². The number of likely N-dealkylation sites (tertiary alicyclic amines) is 1. The van der Waals surface area contributed by atoms with Gasteiger partial charge < -0.3 is 10.6 Å². The molecule has 2 atom stereocenters. The zero-order valence-corrected chi connectivity index (χ0v) is 17.4. The van der Waals surface area contributed by atoms with E-state index in [1.54, 1.807) is 6.20 Å². The molecule has 0 unspecified atom stereocenters. The topological polar surface area (TPSA) is 64.2 Å². The van der Waals surface area contributed by atoms with Crippen LogP contribution in [-0.2, 0) is 13.0 Å². The van der Waals surface area contributed by atoms with Gasteiger partial charge >= 0.3 is 0 Å². The van der Waals surface area contributed by atoms with Gasteiger partial charge in [0.1, 0.15) is 0 Å². The number of amides is 1. The van der Waals surface area contributed by atoms with Crippen molar-refractivity contribution in [2.75, 3.05) is 13.1 Å². The van der Waals surface area contributed by atoms with Gasteiger partial charge in [0.2, 0.25) is 0 Å². The maximum Gasteiger partial charge on any atom is 0.257 e. The second-order valence-corrected chi connectivity index (χ2v) is 7.39. The molecule has 2 N–H and O–H groups in total. The highest BCUT2D eigenvalue weighted by Crippen LogP contribution is 2.28. The highest BCUT2D eigenvalue weighted by molar-refractivity contribution is 5.95. The summed E-state index contributed by atoms with van der Waals surface area (Å²) in [4.78, 5) is 15.1. The first-order valence-electron chi connectivity index (χ1n) is 9.85. The van der Waals surface area contributed by atoms with E-state index in [0.29, 0.717) is 25.2 Å². The predicted octanol–water partition coefficient (Wildman–Crippen LogP) is 3.48. The number of benzene rings is 2. The van der Waals surface area contributed by atoms with Crippen LogP contribution in [0.3, 0.4) is 0 Å². The van der Waals surface area contributed by atoms with Gasteiger partial charge in [-0.05, 0) is 17.5 Å². The Morgan fingerprint density at radius 2 is 1.72 bits per heavy atom. The van der Waals surface area contributed by atoms with Crippen molar-refractivity contribution in [2.24, 2.45) is 5.73 Å². The maximum absolute atomic E-state index is 13.2. The van der Waals surface area contributed by atoms with Gasteiger partial charge in [0, 0.05) is 25.0 Å². The van der Waals surface area contributed by atoms with Crippen LogP contribution in [0, 0.1) is 0 Å². The van der Waals surface area contributed by atoms with Gasteiger partial charge in [-0.3, -0.25) is 9.48 Å². The fourth-order valence-electron chi connectivity index (χ4n) is 4.07. The number of nitrogens with zero attached hydrogens (tertiary/aromatic N) is 3. The first-order chi connectivity index (χ1) is 13.7. The Kier molecular flexibility index (Phi) is 6.72. The lowest BCUT2D eigenvalue weighted by Crippen LogP contribution is -2.32. The van der Waals surface area contributed by atoms with Crippen molar-refractivity contribution < 1.29 is 4.79 Å². The number of nitrogens with two attached hydrogens (primary N) is 1. The molecule has 2 aromatic carbocycles. The molecule has 152 valence electrons. The molecule has 0 radical (unpaired) electrons. The Morgan fingerprint density at radius 1 is 1.07 bits per heavy atom. The van der Waals surface area contributed by atoms with Gasteiger partial charge in [-0.15, -0.1) is 12.4 Å². The van der Waals surface area contributed by atoms with Crippen molar-refractivity contribution in [3.63, 3.8) is 0 Å². The lowest BCUT2D eigenvalue weighted by molar-refractivity contribution is 0.0788. The van der Waals surface area contributed by atoms with Gasteiger partial charge in [0.25, 0.3) is 5.91 Å². The average molecular weight is 411 g/mol. The fraction of sp³-hybridized carbons (Fsp3) is 0.304. The lowest BCUT2D eigenvalue weighted by Gasteiger charge is -2.17. The molecule has 2 heterocycles. The van der Waals surface area contributed by atoms with E-state index in [2.05, 4.69) is 36.3 Å². The minimum absolute atomic E-state index is 0. The highest BCUT2D eigenvalue weighted by atomic mass is 35.5. The minimum atomic E-state index is -0.0456. The standard InChI is InChI=1S/C23H26N4O.ClH/c1-2-22-19(13-25-27(22)14-17-9-5-3-6-10-17)23(28)26-15-20(21(24)16-26)18-11-7-4-8-12-18;/h3-13,20-21H,2,14-16,24H2,1H3;1H/t20-,21+;/m0./s1. The van der Waals surface area contributed by atoms with Crippen LogP contribution < -0.4 is 5.73 Å². The molecule has 1 amide bonds. The smallest absolute Gasteiger partial charge is 0.257 e. The van der Waals surface area contributed by atoms with Crippen molar-refractivity contribution in [2.45, 2.75) is 31.8 Å². The molecule has 3 aromatic rings. The normalized spacial score (nSPS) is 18.5. The van der Waals surface area contributed by atoms with Crippen LogP contribution in [0.4, 0.5) is 0 Å². The van der Waals surface area contributed by atoms with Crippen LogP contribution in [0.2, 0.25) is 0 Å². The first kappa shape index (κ1) is 21.1. The second-order valence-electron chi connectivity index (χ2n) is 7.39. The van der Waals surface area contributed by atoms with Crippen molar-refractivity contribution in [3.8, 4) is 0 Å². The van der Waals surface area contributed by atoms with Gasteiger partial charge in [0.15, 0.2) is 0 Å². The van der Waals surface area contributed by atoms with Gasteiger partial charge in [-0.1, -0.05) is 67.6 Å². The van der Waals surface area contributed by atoms with E-state index in [-0.39, 0.29) is 30.3 Å². The Morgan fingerprint density at radius 3 is 2.38 bits per heavy atom. The third-order valence-corrected chi connectivity index (χ3v) is 5.57. The molecule has 0 spiro atoms. The summed E-state index contributed by atoms with van der Waals surface area (Å²) in [6, 6.07) is 20.4. The third-order valence-electron chi connectivity index (χ3n) is 5.57. The summed E-state index contributed by atoms with van der Waals surface area (Å²) in [5.41, 5.74) is 10.4. The molecule has 29 heavy (non-hydrogen) atoms. The molecule has 0 aliphatic carbocycles. The number of hydrogen-bond acceptors (Lipinski definition) is 3. The zero-order chi connectivity index (χ0) is 19.5. The molecule has 1 fully saturated rings. The summed E-state index contributed by atoms with van der Waals surface area (Å²) in [5.74, 6) is 0.208. The van der Waals surface area contributed by atoms with Crippen molar-refractivity contribution in [1.29, 1.82) is 0 Å². The van der Waals surface area contributed by atoms with E-state index in [1.807, 2.05) is 46.0 Å². The maximum atomic E-state index is 13.2. The number of carbonyl (C=O) groups excluding carboxylic acids is 1. The second kappa shape index (κ2) is 9.25. The fourth-order valence-corrected chi connectivity index (χ4v) is 4.07. The summed E-state index contributed by atoms with van der Waals surface area (Å²) in [6.45, 7) is 3.96. The lowest BCUT2D eigenvalue weighted by atomic mass is 9.95. The molecular weight excluding hydrogens is 384 g/mol.